The number of benzene rings is 1. The molecule has 1 aromatic carbocycles. The Kier molecular flexibility index (Phi) is 8.09. The molecule has 0 atom stereocenters. The van der Waals surface area contributed by atoms with E-state index in [0.717, 1.165) is 16.7 Å². The van der Waals surface area contributed by atoms with Gasteiger partial charge in [0.05, 0.1) is 0 Å². The van der Waals surface area contributed by atoms with E-state index >= 15 is 0 Å². The number of carboxylic acid groups (broad SMARTS) is 1. The number of hydrogen-bond donors (Lipinski definition) is 1. The van der Waals surface area contributed by atoms with Crippen LogP contribution < -0.4 is 74.0 Å². The number of hydrogen-bond acceptors (Lipinski definition) is 3. The molecule has 0 saturated heterocycles. The third-order valence-corrected chi connectivity index (χ3v) is 3.40. The summed E-state index contributed by atoms with van der Waals surface area (Å²) in [7, 11) is 0. The molecule has 0 fully saturated rings. The van der Waals surface area contributed by atoms with Crippen LogP contribution in [0.25, 0.3) is 0 Å². The van der Waals surface area contributed by atoms with Gasteiger partial charge in [-0.05, 0) is 40.4 Å². The zero-order valence-electron chi connectivity index (χ0n) is 14.3. The Bertz CT molecular complexity index is 473. The van der Waals surface area contributed by atoms with Crippen LogP contribution in [0.15, 0.2) is 12.1 Å². The van der Waals surface area contributed by atoms with E-state index in [1.165, 1.54) is 0 Å². The summed E-state index contributed by atoms with van der Waals surface area (Å²) in [4.78, 5) is 10.6. The number of carboxylic acids is 1. The van der Waals surface area contributed by atoms with Gasteiger partial charge in [-0.25, -0.2) is 0 Å². The Hall–Kier alpha value is 0.542. The van der Waals surface area contributed by atoms with Crippen LogP contribution >= 0.6 is 0 Å². The zero-order chi connectivity index (χ0) is 15.7. The van der Waals surface area contributed by atoms with Gasteiger partial charge in [-0.15, -0.1) is 0 Å². The first-order valence-corrected chi connectivity index (χ1v) is 6.99. The first kappa shape index (κ1) is 21.5. The maximum Gasteiger partial charge on any atom is 1.00 e. The second-order valence-corrected chi connectivity index (χ2v) is 7.41. The standard InChI is InChI=1S/C17H26O3.Cs/c1-16(2,3)12-9-11(7-8-14(18)19)10-13(15(12)20)17(4,5)6;/h9-10,20H,7-8H2,1-6H3,(H,18,19);/q;+1/p-1. The molecule has 0 amide bonds. The van der Waals surface area contributed by atoms with E-state index in [0.29, 0.717) is 12.2 Å². The van der Waals surface area contributed by atoms with Gasteiger partial charge < -0.3 is 15.0 Å². The largest absolute Gasteiger partial charge is 1.00 e. The Morgan fingerprint density at radius 2 is 1.43 bits per heavy atom. The van der Waals surface area contributed by atoms with E-state index < -0.39 is 5.97 Å². The molecule has 3 nitrogen and oxygen atoms in total. The smallest absolute Gasteiger partial charge is 0.550 e. The minimum absolute atomic E-state index is 0. The van der Waals surface area contributed by atoms with E-state index in [1.807, 2.05) is 53.7 Å². The van der Waals surface area contributed by atoms with Gasteiger partial charge in [-0.2, -0.15) is 0 Å². The fraction of sp³-hybridized carbons (Fsp3) is 0.588. The predicted octanol–water partition coefficient (Wildman–Crippen LogP) is -0.326. The molecule has 0 saturated carbocycles. The van der Waals surface area contributed by atoms with Crippen LogP contribution in [-0.2, 0) is 22.0 Å². The van der Waals surface area contributed by atoms with Crippen molar-refractivity contribution in [2.45, 2.75) is 65.2 Å². The molecule has 112 valence electrons. The van der Waals surface area contributed by atoms with Crippen LogP contribution in [-0.4, -0.2) is 11.1 Å². The molecule has 1 rings (SSSR count). The van der Waals surface area contributed by atoms with Crippen molar-refractivity contribution >= 4 is 5.97 Å². The fourth-order valence-electron chi connectivity index (χ4n) is 2.23. The SMILES string of the molecule is CC(C)(C)c1cc(CCC(=O)[O-])cc(C(C)(C)C)c1O.[Cs+]. The first-order valence-electron chi connectivity index (χ1n) is 6.99. The Balaban J connectivity index is 0.00000400. The van der Waals surface area contributed by atoms with Crippen molar-refractivity contribution in [2.24, 2.45) is 0 Å². The number of aryl methyl sites for hydroxylation is 1. The van der Waals surface area contributed by atoms with E-state index in [2.05, 4.69) is 0 Å². The summed E-state index contributed by atoms with van der Waals surface area (Å²) in [6.45, 7) is 12.2. The molecule has 0 bridgehead atoms. The fourth-order valence-corrected chi connectivity index (χ4v) is 2.23. The average Bonchev–Trinajstić information content (AvgIpc) is 2.24. The minimum atomic E-state index is -1.05. The van der Waals surface area contributed by atoms with Crippen LogP contribution in [0, 0.1) is 0 Å². The van der Waals surface area contributed by atoms with Gasteiger partial charge in [-0.1, -0.05) is 53.7 Å². The molecule has 0 aliphatic rings. The molecule has 0 aromatic heterocycles. The Morgan fingerprint density at radius 3 is 1.71 bits per heavy atom. The van der Waals surface area contributed by atoms with Crippen LogP contribution in [0.3, 0.4) is 0 Å². The maximum atomic E-state index is 10.6. The van der Waals surface area contributed by atoms with Crippen molar-refractivity contribution < 1.29 is 83.9 Å². The molecule has 0 radical (unpaired) electrons. The molecule has 0 spiro atoms. The molecular weight excluding hydrogens is 385 g/mol. The van der Waals surface area contributed by atoms with Crippen molar-refractivity contribution in [1.82, 2.24) is 0 Å². The zero-order valence-corrected chi connectivity index (χ0v) is 20.6. The van der Waals surface area contributed by atoms with Crippen LogP contribution in [0.1, 0.15) is 64.7 Å². The minimum Gasteiger partial charge on any atom is -0.550 e. The van der Waals surface area contributed by atoms with Gasteiger partial charge in [0, 0.05) is 5.97 Å². The number of aromatic hydroxyl groups is 1. The number of phenols is 1. The molecule has 0 aliphatic heterocycles. The third kappa shape index (κ3) is 6.28. The summed E-state index contributed by atoms with van der Waals surface area (Å²) in [5.41, 5.74) is 2.27. The van der Waals surface area contributed by atoms with Crippen LogP contribution in [0.5, 0.6) is 5.75 Å². The van der Waals surface area contributed by atoms with E-state index in [1.54, 1.807) is 0 Å². The van der Waals surface area contributed by atoms with Crippen LogP contribution in [0.4, 0.5) is 0 Å². The molecule has 0 aliphatic carbocycles. The molecule has 1 aromatic rings. The second-order valence-electron chi connectivity index (χ2n) is 7.41. The monoisotopic (exact) mass is 410 g/mol. The van der Waals surface area contributed by atoms with E-state index in [9.17, 15) is 15.0 Å². The Morgan fingerprint density at radius 1 is 1.05 bits per heavy atom. The number of rotatable bonds is 3. The summed E-state index contributed by atoms with van der Waals surface area (Å²) in [6, 6.07) is 3.82. The van der Waals surface area contributed by atoms with Gasteiger partial charge in [0.2, 0.25) is 0 Å². The Labute approximate surface area is 187 Å². The quantitative estimate of drug-likeness (QED) is 0.743. The number of carbonyl (C=O) groups excluding carboxylic acids is 1. The summed E-state index contributed by atoms with van der Waals surface area (Å²) in [5, 5.41) is 21.2. The van der Waals surface area contributed by atoms with Crippen LogP contribution in [0.2, 0.25) is 0 Å². The van der Waals surface area contributed by atoms with Gasteiger partial charge in [-0.3, -0.25) is 0 Å². The van der Waals surface area contributed by atoms with Crippen molar-refractivity contribution in [1.29, 1.82) is 0 Å². The van der Waals surface area contributed by atoms with Crippen molar-refractivity contribution in [3.05, 3.63) is 28.8 Å². The first-order chi connectivity index (χ1) is 8.93. The molecule has 1 N–H and O–H groups in total. The van der Waals surface area contributed by atoms with Gasteiger partial charge in [0.15, 0.2) is 0 Å². The van der Waals surface area contributed by atoms with Gasteiger partial charge in [0.25, 0.3) is 0 Å². The molecular formula is C17H25CsO3. The summed E-state index contributed by atoms with van der Waals surface area (Å²) < 4.78 is 0. The molecule has 4 heteroatoms. The second kappa shape index (κ2) is 7.88. The van der Waals surface area contributed by atoms with Gasteiger partial charge >= 0.3 is 68.9 Å². The van der Waals surface area contributed by atoms with Crippen molar-refractivity contribution in [3.63, 3.8) is 0 Å². The average molecular weight is 410 g/mol. The summed E-state index contributed by atoms with van der Waals surface area (Å²) >= 11 is 0. The third-order valence-electron chi connectivity index (χ3n) is 3.40. The number of phenolic OH excluding ortho intramolecular Hbond substituents is 1. The number of carbonyl (C=O) groups is 1. The normalized spacial score (nSPS) is 11.9. The molecule has 21 heavy (non-hydrogen) atoms. The van der Waals surface area contributed by atoms with E-state index in [4.69, 9.17) is 0 Å². The maximum absolute atomic E-state index is 10.6. The molecule has 0 heterocycles. The predicted molar refractivity (Wildman–Crippen MR) is 78.8 cm³/mol. The van der Waals surface area contributed by atoms with Crippen molar-refractivity contribution in [3.8, 4) is 5.75 Å². The van der Waals surface area contributed by atoms with E-state index in [-0.39, 0.29) is 86.1 Å². The topological polar surface area (TPSA) is 60.4 Å². The van der Waals surface area contributed by atoms with Crippen molar-refractivity contribution in [2.75, 3.05) is 0 Å². The number of aliphatic carboxylic acids is 1. The summed E-state index contributed by atoms with van der Waals surface area (Å²) in [5.74, 6) is -0.727. The molecule has 0 unspecified atom stereocenters. The summed E-state index contributed by atoms with van der Waals surface area (Å²) in [6.07, 6.45) is 0.423. The van der Waals surface area contributed by atoms with Gasteiger partial charge in [0.1, 0.15) is 5.75 Å².